The maximum atomic E-state index is 11.4. The average molecular weight is 293 g/mol. The minimum atomic E-state index is -1.31. The van der Waals surface area contributed by atoms with E-state index in [0.717, 1.165) is 0 Å². The number of carboxylic acids is 1. The van der Waals surface area contributed by atoms with Crippen molar-refractivity contribution in [1.82, 2.24) is 5.32 Å². The van der Waals surface area contributed by atoms with Gasteiger partial charge in [0.25, 0.3) is 0 Å². The summed E-state index contributed by atoms with van der Waals surface area (Å²) >= 11 is 0. The third-order valence-electron chi connectivity index (χ3n) is 3.32. The van der Waals surface area contributed by atoms with Gasteiger partial charge in [-0.15, -0.1) is 0 Å². The number of benzene rings is 1. The van der Waals surface area contributed by atoms with Crippen LogP contribution in [0, 0.1) is 0 Å². The molecule has 0 saturated heterocycles. The van der Waals surface area contributed by atoms with Crippen LogP contribution in [0.3, 0.4) is 0 Å². The van der Waals surface area contributed by atoms with Crippen LogP contribution in [0.15, 0.2) is 12.1 Å². The van der Waals surface area contributed by atoms with E-state index in [0.29, 0.717) is 12.0 Å². The Kier molecular flexibility index (Phi) is 4.37. The molecule has 1 heterocycles. The van der Waals surface area contributed by atoms with Crippen molar-refractivity contribution in [2.75, 3.05) is 7.11 Å². The number of carbonyl (C=O) groups excluding carboxylic acids is 1. The third-order valence-corrected chi connectivity index (χ3v) is 3.32. The number of carbonyl (C=O) groups is 2. The molecule has 0 radical (unpaired) electrons. The second-order valence-corrected chi connectivity index (χ2v) is 4.68. The molecule has 1 aliphatic rings. The fourth-order valence-corrected chi connectivity index (χ4v) is 2.25. The van der Waals surface area contributed by atoms with Crippen LogP contribution in [0.4, 0.5) is 0 Å². The van der Waals surface area contributed by atoms with Crippen molar-refractivity contribution >= 4 is 19.0 Å². The van der Waals surface area contributed by atoms with E-state index in [1.54, 1.807) is 13.0 Å². The van der Waals surface area contributed by atoms with Crippen molar-refractivity contribution in [3.63, 3.8) is 0 Å². The Bertz CT molecular complexity index is 576. The van der Waals surface area contributed by atoms with Gasteiger partial charge >= 0.3 is 13.1 Å². The molecule has 0 bridgehead atoms. The average Bonchev–Trinajstić information content (AvgIpc) is 2.46. The van der Waals surface area contributed by atoms with Gasteiger partial charge < -0.3 is 24.8 Å². The number of hydrogen-bond acceptors (Lipinski definition) is 5. The number of amides is 1. The zero-order valence-electron chi connectivity index (χ0n) is 11.8. The molecule has 2 rings (SSSR count). The van der Waals surface area contributed by atoms with Crippen molar-refractivity contribution in [3.05, 3.63) is 23.3 Å². The van der Waals surface area contributed by atoms with Crippen molar-refractivity contribution in [2.24, 2.45) is 0 Å². The fraction of sp³-hybridized carbons (Fsp3) is 0.385. The molecule has 0 saturated carbocycles. The molecule has 0 aliphatic carbocycles. The number of ether oxygens (including phenoxy) is 1. The highest BCUT2D eigenvalue weighted by Crippen LogP contribution is 2.36. The fourth-order valence-electron chi connectivity index (χ4n) is 2.25. The quantitative estimate of drug-likeness (QED) is 0.687. The number of nitrogens with one attached hydrogen (secondary N) is 1. The molecule has 112 valence electrons. The maximum Gasteiger partial charge on any atom is 0.547 e. The first-order valence-electron chi connectivity index (χ1n) is 6.55. The van der Waals surface area contributed by atoms with Crippen molar-refractivity contribution < 1.29 is 29.1 Å². The molecule has 1 amide bonds. The van der Waals surface area contributed by atoms with E-state index >= 15 is 0 Å². The first-order valence-corrected chi connectivity index (χ1v) is 6.55. The largest absolute Gasteiger partial charge is 0.547 e. The Morgan fingerprint density at radius 2 is 2.24 bits per heavy atom. The van der Waals surface area contributed by atoms with E-state index < -0.39 is 19.0 Å². The smallest absolute Gasteiger partial charge is 0.534 e. The number of rotatable bonds is 4. The van der Waals surface area contributed by atoms with E-state index in [-0.39, 0.29) is 29.4 Å². The van der Waals surface area contributed by atoms with Crippen LogP contribution in [0.5, 0.6) is 11.5 Å². The van der Waals surface area contributed by atoms with Gasteiger partial charge in [0, 0.05) is 6.42 Å². The summed E-state index contributed by atoms with van der Waals surface area (Å²) in [5.41, 5.74) is 0.467. The molecule has 21 heavy (non-hydrogen) atoms. The van der Waals surface area contributed by atoms with Crippen molar-refractivity contribution in [1.29, 1.82) is 0 Å². The standard InChI is InChI=1S/C13H16BNO6/c1-3-10(16)15-9-6-7-4-5-8(20-2)11(13(17)18)12(7)21-14(9)19/h4-5,9,19H,3,6H2,1-2H3,(H,15,16)(H,17,18). The molecule has 1 atom stereocenters. The van der Waals surface area contributed by atoms with Gasteiger partial charge in [0.15, 0.2) is 0 Å². The van der Waals surface area contributed by atoms with Gasteiger partial charge in [-0.1, -0.05) is 13.0 Å². The first-order chi connectivity index (χ1) is 9.97. The van der Waals surface area contributed by atoms with Crippen molar-refractivity contribution in [3.8, 4) is 11.5 Å². The summed E-state index contributed by atoms with van der Waals surface area (Å²) in [5.74, 6) is -1.79. The highest BCUT2D eigenvalue weighted by Gasteiger charge is 2.38. The highest BCUT2D eigenvalue weighted by molar-refractivity contribution is 6.47. The van der Waals surface area contributed by atoms with Gasteiger partial charge in [0.2, 0.25) is 5.91 Å². The van der Waals surface area contributed by atoms with Crippen LogP contribution in [0.2, 0.25) is 0 Å². The Labute approximate surface area is 122 Å². The summed E-state index contributed by atoms with van der Waals surface area (Å²) in [6, 6.07) is 3.19. The number of methoxy groups -OCH3 is 1. The second kappa shape index (κ2) is 6.05. The zero-order valence-corrected chi connectivity index (χ0v) is 11.8. The van der Waals surface area contributed by atoms with E-state index in [4.69, 9.17) is 9.39 Å². The lowest BCUT2D eigenvalue weighted by molar-refractivity contribution is -0.121. The molecule has 0 fully saturated rings. The first kappa shape index (κ1) is 15.2. The normalized spacial score (nSPS) is 16.7. The van der Waals surface area contributed by atoms with Crippen LogP contribution >= 0.6 is 0 Å². The number of carboxylic acid groups (broad SMARTS) is 1. The minimum absolute atomic E-state index is 0.0800. The molecular weight excluding hydrogens is 277 g/mol. The number of aromatic carboxylic acids is 1. The lowest BCUT2D eigenvalue weighted by Crippen LogP contribution is -2.53. The molecule has 1 unspecified atom stereocenters. The molecular formula is C13H16BNO6. The summed E-state index contributed by atoms with van der Waals surface area (Å²) in [5, 5.41) is 21.9. The summed E-state index contributed by atoms with van der Waals surface area (Å²) in [6.45, 7) is 1.70. The summed E-state index contributed by atoms with van der Waals surface area (Å²) in [7, 11) is 0.0516. The van der Waals surface area contributed by atoms with Gasteiger partial charge in [-0.05, 0) is 18.1 Å². The molecule has 1 aromatic rings. The van der Waals surface area contributed by atoms with Gasteiger partial charge in [0.1, 0.15) is 17.1 Å². The Morgan fingerprint density at radius 3 is 2.81 bits per heavy atom. The van der Waals surface area contributed by atoms with Crippen molar-refractivity contribution in [2.45, 2.75) is 25.7 Å². The Hall–Kier alpha value is -2.22. The predicted octanol–water partition coefficient (Wildman–Crippen LogP) is 0.243. The van der Waals surface area contributed by atoms with Gasteiger partial charge in [-0.2, -0.15) is 0 Å². The van der Waals surface area contributed by atoms with Gasteiger partial charge in [0.05, 0.1) is 13.1 Å². The van der Waals surface area contributed by atoms with E-state index in [2.05, 4.69) is 5.32 Å². The summed E-state index contributed by atoms with van der Waals surface area (Å²) in [6.07, 6.45) is 0.575. The molecule has 8 heteroatoms. The van der Waals surface area contributed by atoms with E-state index in [1.165, 1.54) is 13.2 Å². The maximum absolute atomic E-state index is 11.4. The van der Waals surface area contributed by atoms with Crippen LogP contribution in [0.25, 0.3) is 0 Å². The Morgan fingerprint density at radius 1 is 1.52 bits per heavy atom. The molecule has 3 N–H and O–H groups in total. The van der Waals surface area contributed by atoms with Crippen LogP contribution in [-0.4, -0.2) is 42.2 Å². The summed E-state index contributed by atoms with van der Waals surface area (Å²) < 4.78 is 10.3. The predicted molar refractivity (Wildman–Crippen MR) is 74.5 cm³/mol. The monoisotopic (exact) mass is 293 g/mol. The minimum Gasteiger partial charge on any atom is -0.534 e. The lowest BCUT2D eigenvalue weighted by Gasteiger charge is -2.29. The van der Waals surface area contributed by atoms with Crippen LogP contribution in [0.1, 0.15) is 29.3 Å². The van der Waals surface area contributed by atoms with Crippen LogP contribution in [-0.2, 0) is 11.2 Å². The van der Waals surface area contributed by atoms with Gasteiger partial charge in [-0.3, -0.25) is 4.79 Å². The molecule has 1 aliphatic heterocycles. The zero-order chi connectivity index (χ0) is 15.6. The van der Waals surface area contributed by atoms with E-state index in [9.17, 15) is 19.7 Å². The Balaban J connectivity index is 2.36. The molecule has 7 nitrogen and oxygen atoms in total. The van der Waals surface area contributed by atoms with Crippen LogP contribution < -0.4 is 14.7 Å². The SMILES string of the molecule is CCC(=O)NC1Cc2ccc(OC)c(C(=O)O)c2OB1O. The number of fused-ring (bicyclic) bond motifs is 1. The second-order valence-electron chi connectivity index (χ2n) is 4.68. The third kappa shape index (κ3) is 2.95. The topological polar surface area (TPSA) is 105 Å². The van der Waals surface area contributed by atoms with E-state index in [1.807, 2.05) is 0 Å². The molecule has 1 aromatic carbocycles. The number of hydrogen-bond donors (Lipinski definition) is 3. The lowest BCUT2D eigenvalue weighted by atomic mass is 9.72. The highest BCUT2D eigenvalue weighted by atomic mass is 16.5. The van der Waals surface area contributed by atoms with Gasteiger partial charge in [-0.25, -0.2) is 4.79 Å². The summed E-state index contributed by atoms with van der Waals surface area (Å²) in [4.78, 5) is 22.8. The molecule has 0 aromatic heterocycles. The molecule has 0 spiro atoms.